The second-order valence-electron chi connectivity index (χ2n) is 12.3. The maximum atomic E-state index is 5.16. The minimum absolute atomic E-state index is 0. The van der Waals surface area contributed by atoms with Gasteiger partial charge in [0.25, 0.3) is 0 Å². The minimum Gasteiger partial charge on any atom is -0.411 e. The van der Waals surface area contributed by atoms with E-state index >= 15 is 0 Å². The molecule has 277 valence electrons. The predicted molar refractivity (Wildman–Crippen MR) is 246 cm³/mol. The summed E-state index contributed by atoms with van der Waals surface area (Å²) in [5.74, 6) is 0. The van der Waals surface area contributed by atoms with E-state index in [1.54, 1.807) is 0 Å². The first-order valence-electron chi connectivity index (χ1n) is 17.4. The van der Waals surface area contributed by atoms with Crippen molar-refractivity contribution in [1.82, 2.24) is 14.7 Å². The van der Waals surface area contributed by atoms with E-state index in [4.69, 9.17) is 74.5 Å². The molecule has 1 radical (unpaired) electrons. The summed E-state index contributed by atoms with van der Waals surface area (Å²) in [6.45, 7) is 4.57. The van der Waals surface area contributed by atoms with Crippen molar-refractivity contribution in [3.63, 3.8) is 0 Å². The Hall–Kier alpha value is -3.47. The van der Waals surface area contributed by atoms with Crippen molar-refractivity contribution in [2.24, 2.45) is 0 Å². The Balaban J connectivity index is 0.000000220. The molecule has 0 aliphatic heterocycles. The van der Waals surface area contributed by atoms with E-state index in [2.05, 4.69) is 72.8 Å². The average Bonchev–Trinajstić information content (AvgIpc) is 3.20. The molecule has 0 fully saturated rings. The fourth-order valence-electron chi connectivity index (χ4n) is 5.38. The van der Waals surface area contributed by atoms with Gasteiger partial charge < -0.3 is 89.2 Å². The van der Waals surface area contributed by atoms with Crippen molar-refractivity contribution in [3.05, 3.63) is 215 Å². The van der Waals surface area contributed by atoms with Gasteiger partial charge in [-0.25, -0.2) is 0 Å². The van der Waals surface area contributed by atoms with Gasteiger partial charge in [0, 0.05) is 39.3 Å². The van der Waals surface area contributed by atoms with Crippen molar-refractivity contribution in [2.45, 2.75) is 39.3 Å². The molecular weight excluding hydrogens is 866 g/mol. The van der Waals surface area contributed by atoms with E-state index in [1.165, 1.54) is 33.4 Å². The number of benzene rings is 6. The van der Waals surface area contributed by atoms with Crippen LogP contribution >= 0.6 is 36.7 Å². The average molecular weight is 908 g/mol. The molecule has 0 heterocycles. The molecule has 0 atom stereocenters. The molecule has 10 heteroatoms. The summed E-state index contributed by atoms with van der Waals surface area (Å²) in [7, 11) is 0. The molecule has 3 nitrogen and oxygen atoms in total. The number of thiocarbonyl (C=S) groups is 3. The van der Waals surface area contributed by atoms with Gasteiger partial charge in [-0.1, -0.05) is 195 Å². The molecule has 0 aromatic heterocycles. The van der Waals surface area contributed by atoms with Crippen LogP contribution in [0, 0.1) is 0 Å². The molecule has 0 amide bonds. The standard InChI is InChI=1S/3C15H15NS2.Zr/c3*17-15(18)16(11-13-7-3-1-4-8-13)12-14-9-5-2-6-10-14;/h3*1-10H,11-12H2,(H,17,18);/q;;;+3/p-3. The third-order valence-electron chi connectivity index (χ3n) is 8.07. The SMILES string of the molecule is S=C([S-])N(Cc1ccccc1)Cc1ccccc1.S=C([S-])N(Cc1ccccc1)Cc1ccccc1.S=C([S-])N(Cc1ccccc1)Cc1ccccc1.[Zr+3]. The van der Waals surface area contributed by atoms with Crippen LogP contribution in [0.4, 0.5) is 0 Å². The van der Waals surface area contributed by atoms with E-state index in [0.29, 0.717) is 13.0 Å². The predicted octanol–water partition coefficient (Wildman–Crippen LogP) is 10.6. The van der Waals surface area contributed by atoms with E-state index in [0.717, 1.165) is 39.3 Å². The zero-order valence-electron chi connectivity index (χ0n) is 30.4. The fraction of sp³-hybridized carbons (Fsp3) is 0.133. The Bertz CT molecular complexity index is 1600. The van der Waals surface area contributed by atoms with Gasteiger partial charge in [0.05, 0.1) is 0 Å². The topological polar surface area (TPSA) is 9.72 Å². The van der Waals surface area contributed by atoms with Crippen LogP contribution in [0.15, 0.2) is 182 Å². The van der Waals surface area contributed by atoms with Crippen LogP contribution in [0.1, 0.15) is 33.4 Å². The second-order valence-corrected chi connectivity index (χ2v) is 15.4. The van der Waals surface area contributed by atoms with Crippen molar-refractivity contribution < 1.29 is 26.2 Å². The van der Waals surface area contributed by atoms with Crippen LogP contribution in [0.5, 0.6) is 0 Å². The van der Waals surface area contributed by atoms with Gasteiger partial charge in [-0.2, -0.15) is 0 Å². The fourth-order valence-corrected chi connectivity index (χ4v) is 6.15. The quantitative estimate of drug-likeness (QED) is 0.0870. The molecule has 0 aliphatic rings. The zero-order chi connectivity index (χ0) is 38.4. The molecule has 0 saturated heterocycles. The van der Waals surface area contributed by atoms with Crippen LogP contribution in [0.2, 0.25) is 0 Å². The van der Waals surface area contributed by atoms with Gasteiger partial charge in [0.1, 0.15) is 0 Å². The summed E-state index contributed by atoms with van der Waals surface area (Å²) < 4.78 is 1.55. The van der Waals surface area contributed by atoms with Crippen LogP contribution in [0.3, 0.4) is 0 Å². The summed E-state index contributed by atoms with van der Waals surface area (Å²) in [6.07, 6.45) is 0. The summed E-state index contributed by atoms with van der Waals surface area (Å²) in [6, 6.07) is 61.5. The molecule has 6 aromatic carbocycles. The zero-order valence-corrected chi connectivity index (χ0v) is 37.7. The third-order valence-corrected chi connectivity index (χ3v) is 9.62. The number of hydrogen-bond donors (Lipinski definition) is 0. The Kier molecular flexibility index (Phi) is 22.0. The summed E-state index contributed by atoms with van der Waals surface area (Å²) in [5.41, 5.74) is 7.34. The molecule has 55 heavy (non-hydrogen) atoms. The molecule has 0 saturated carbocycles. The van der Waals surface area contributed by atoms with Crippen molar-refractivity contribution >= 4 is 87.5 Å². The maximum Gasteiger partial charge on any atom is 3.00 e. The van der Waals surface area contributed by atoms with Crippen LogP contribution in [-0.4, -0.2) is 27.7 Å². The van der Waals surface area contributed by atoms with Crippen LogP contribution in [0.25, 0.3) is 0 Å². The van der Waals surface area contributed by atoms with Crippen LogP contribution < -0.4 is 0 Å². The molecule has 0 N–H and O–H groups in total. The summed E-state index contributed by atoms with van der Waals surface area (Å²) in [5, 5.41) is 0. The minimum atomic E-state index is 0. The first kappa shape index (κ1) is 45.9. The number of nitrogens with zero attached hydrogens (tertiary/aromatic N) is 3. The number of hydrogen-bond acceptors (Lipinski definition) is 6. The smallest absolute Gasteiger partial charge is 0.411 e. The Morgan fingerprint density at radius 1 is 0.291 bits per heavy atom. The molecule has 0 spiro atoms. The number of rotatable bonds is 12. The Labute approximate surface area is 379 Å². The molecule has 0 aliphatic carbocycles. The van der Waals surface area contributed by atoms with Crippen molar-refractivity contribution in [3.8, 4) is 0 Å². The second kappa shape index (κ2) is 26.4. The van der Waals surface area contributed by atoms with Crippen LogP contribution in [-0.2, 0) is 103 Å². The van der Waals surface area contributed by atoms with Crippen molar-refractivity contribution in [2.75, 3.05) is 0 Å². The molecule has 0 bridgehead atoms. The first-order valence-corrected chi connectivity index (χ1v) is 19.8. The molecule has 6 rings (SSSR count). The van der Waals surface area contributed by atoms with E-state index in [-0.39, 0.29) is 26.2 Å². The Morgan fingerprint density at radius 2 is 0.418 bits per heavy atom. The largest absolute Gasteiger partial charge is 3.00 e. The van der Waals surface area contributed by atoms with Gasteiger partial charge in [-0.3, -0.25) is 0 Å². The van der Waals surface area contributed by atoms with Gasteiger partial charge >= 0.3 is 26.2 Å². The third kappa shape index (κ3) is 18.4. The van der Waals surface area contributed by atoms with E-state index < -0.39 is 0 Å². The Morgan fingerprint density at radius 3 is 0.527 bits per heavy atom. The normalized spacial score (nSPS) is 9.82. The van der Waals surface area contributed by atoms with Gasteiger partial charge in [-0.15, -0.1) is 0 Å². The summed E-state index contributed by atoms with van der Waals surface area (Å²) >= 11 is 30.9. The molecular formula is C45H42N3S6Zr. The van der Waals surface area contributed by atoms with Gasteiger partial charge in [-0.05, 0) is 33.4 Å². The maximum absolute atomic E-state index is 5.16. The van der Waals surface area contributed by atoms with E-state index in [1.807, 2.05) is 124 Å². The van der Waals surface area contributed by atoms with Gasteiger partial charge in [0.15, 0.2) is 0 Å². The molecule has 0 unspecified atom stereocenters. The summed E-state index contributed by atoms with van der Waals surface area (Å²) in [4.78, 5) is 6.11. The monoisotopic (exact) mass is 906 g/mol. The van der Waals surface area contributed by atoms with E-state index in [9.17, 15) is 0 Å². The molecule has 6 aromatic rings. The van der Waals surface area contributed by atoms with Gasteiger partial charge in [0.2, 0.25) is 0 Å². The first-order chi connectivity index (χ1) is 26.3. The van der Waals surface area contributed by atoms with Crippen molar-refractivity contribution in [1.29, 1.82) is 0 Å².